The summed E-state index contributed by atoms with van der Waals surface area (Å²) in [6.45, 7) is 9.35. The number of piperazine rings is 1. The predicted octanol–water partition coefficient (Wildman–Crippen LogP) is 2.35. The van der Waals surface area contributed by atoms with Crippen molar-refractivity contribution in [2.75, 3.05) is 57.8 Å². The highest BCUT2D eigenvalue weighted by atomic mass is 127. The molecule has 0 saturated carbocycles. The molecule has 1 saturated heterocycles. The zero-order valence-corrected chi connectivity index (χ0v) is 21.1. The summed E-state index contributed by atoms with van der Waals surface area (Å²) >= 11 is 0. The molecule has 0 aliphatic carbocycles. The molecule has 0 bridgehead atoms. The fourth-order valence-corrected chi connectivity index (χ4v) is 3.82. The Bertz CT molecular complexity index is 888. The molecule has 0 radical (unpaired) electrons. The number of likely N-dealkylation sites (N-methyl/N-ethyl adjacent to an activating group) is 1. The molecule has 8 nitrogen and oxygen atoms in total. The number of benzene rings is 1. The van der Waals surface area contributed by atoms with Crippen molar-refractivity contribution < 1.29 is 9.47 Å². The Hall–Kier alpha value is -2.27. The number of fused-ring (bicyclic) bond motifs is 1. The number of hydrogen-bond acceptors (Lipinski definition) is 6. The van der Waals surface area contributed by atoms with Gasteiger partial charge in [-0.3, -0.25) is 4.99 Å². The van der Waals surface area contributed by atoms with Crippen LogP contribution >= 0.6 is 24.0 Å². The average molecular weight is 552 g/mol. The van der Waals surface area contributed by atoms with Crippen molar-refractivity contribution in [2.45, 2.75) is 19.6 Å². The molecular weight excluding hydrogens is 519 g/mol. The van der Waals surface area contributed by atoms with Gasteiger partial charge in [0.1, 0.15) is 18.5 Å². The number of para-hydroxylation sites is 2. The van der Waals surface area contributed by atoms with Crippen LogP contribution in [-0.4, -0.2) is 74.9 Å². The maximum atomic E-state index is 6.00. The van der Waals surface area contributed by atoms with E-state index in [0.29, 0.717) is 19.7 Å². The van der Waals surface area contributed by atoms with Crippen LogP contribution in [0.2, 0.25) is 0 Å². The minimum absolute atomic E-state index is 0. The number of aliphatic imine (C=N–C) groups is 1. The van der Waals surface area contributed by atoms with E-state index < -0.39 is 0 Å². The van der Waals surface area contributed by atoms with E-state index in [0.717, 1.165) is 56.0 Å². The first-order chi connectivity index (χ1) is 15.2. The molecule has 1 aromatic carbocycles. The van der Waals surface area contributed by atoms with E-state index in [-0.39, 0.29) is 30.1 Å². The SMILES string of the molecule is CCN1CCN(c2cc(CNC(=NC)NCC3COc4ccccc4O3)ccn2)CC1.I. The lowest BCUT2D eigenvalue weighted by Gasteiger charge is -2.34. The molecule has 2 N–H and O–H groups in total. The van der Waals surface area contributed by atoms with Crippen molar-refractivity contribution in [2.24, 2.45) is 4.99 Å². The largest absolute Gasteiger partial charge is 0.486 e. The highest BCUT2D eigenvalue weighted by Gasteiger charge is 2.21. The first-order valence-corrected chi connectivity index (χ1v) is 11.0. The Labute approximate surface area is 207 Å². The lowest BCUT2D eigenvalue weighted by molar-refractivity contribution is 0.0936. The second kappa shape index (κ2) is 12.1. The summed E-state index contributed by atoms with van der Waals surface area (Å²) in [5.41, 5.74) is 1.18. The number of nitrogens with zero attached hydrogens (tertiary/aromatic N) is 4. The monoisotopic (exact) mass is 552 g/mol. The number of guanidine groups is 1. The molecule has 1 fully saturated rings. The van der Waals surface area contributed by atoms with Crippen LogP contribution in [0, 0.1) is 0 Å². The predicted molar refractivity (Wildman–Crippen MR) is 139 cm³/mol. The number of pyridine rings is 1. The Morgan fingerprint density at radius 1 is 1.12 bits per heavy atom. The van der Waals surface area contributed by atoms with Crippen LogP contribution in [0.5, 0.6) is 11.5 Å². The molecule has 2 aromatic rings. The molecular formula is C23H33IN6O2. The van der Waals surface area contributed by atoms with Gasteiger partial charge in [-0.15, -0.1) is 24.0 Å². The first kappa shape index (κ1) is 24.4. The van der Waals surface area contributed by atoms with Gasteiger partial charge in [0.25, 0.3) is 0 Å². The Balaban J connectivity index is 0.00000289. The standard InChI is InChI=1S/C23H32N6O2.HI/c1-3-28-10-12-29(13-11-28)22-14-18(8-9-25-22)15-26-23(24-2)27-16-19-17-30-20-6-4-5-7-21(20)31-19;/h4-9,14,19H,3,10-13,15-17H2,1-2H3,(H2,24,26,27);1H. The summed E-state index contributed by atoms with van der Waals surface area (Å²) in [6, 6.07) is 12.0. The van der Waals surface area contributed by atoms with E-state index in [4.69, 9.17) is 9.47 Å². The molecule has 3 heterocycles. The number of anilines is 1. The second-order valence-electron chi connectivity index (χ2n) is 7.75. The Morgan fingerprint density at radius 3 is 2.66 bits per heavy atom. The Kier molecular flexibility index (Phi) is 9.22. The van der Waals surface area contributed by atoms with Gasteiger partial charge in [0.2, 0.25) is 0 Å². The van der Waals surface area contributed by atoms with Crippen LogP contribution in [0.1, 0.15) is 12.5 Å². The third-order valence-corrected chi connectivity index (χ3v) is 5.70. The van der Waals surface area contributed by atoms with Crippen LogP contribution < -0.4 is 25.0 Å². The lowest BCUT2D eigenvalue weighted by atomic mass is 10.2. The maximum Gasteiger partial charge on any atom is 0.191 e. The van der Waals surface area contributed by atoms with Gasteiger partial charge in [-0.2, -0.15) is 0 Å². The van der Waals surface area contributed by atoms with Crippen LogP contribution in [0.15, 0.2) is 47.6 Å². The summed E-state index contributed by atoms with van der Waals surface area (Å²) in [7, 11) is 1.77. The molecule has 2 aliphatic heterocycles. The van der Waals surface area contributed by atoms with E-state index >= 15 is 0 Å². The summed E-state index contributed by atoms with van der Waals surface area (Å²) in [5, 5.41) is 6.71. The van der Waals surface area contributed by atoms with Gasteiger partial charge in [-0.1, -0.05) is 19.1 Å². The molecule has 1 atom stereocenters. The zero-order valence-electron chi connectivity index (χ0n) is 18.8. The molecule has 32 heavy (non-hydrogen) atoms. The second-order valence-corrected chi connectivity index (χ2v) is 7.75. The zero-order chi connectivity index (χ0) is 21.5. The summed E-state index contributed by atoms with van der Waals surface area (Å²) in [6.07, 6.45) is 1.82. The fraction of sp³-hybridized carbons (Fsp3) is 0.478. The van der Waals surface area contributed by atoms with Crippen molar-refractivity contribution in [3.05, 3.63) is 48.2 Å². The third-order valence-electron chi connectivity index (χ3n) is 5.70. The van der Waals surface area contributed by atoms with Gasteiger partial charge in [-0.25, -0.2) is 4.98 Å². The van der Waals surface area contributed by atoms with E-state index in [9.17, 15) is 0 Å². The average Bonchev–Trinajstić information content (AvgIpc) is 2.84. The van der Waals surface area contributed by atoms with Crippen molar-refractivity contribution in [3.63, 3.8) is 0 Å². The summed E-state index contributed by atoms with van der Waals surface area (Å²) in [5.74, 6) is 3.36. The van der Waals surface area contributed by atoms with Crippen LogP contribution in [0.25, 0.3) is 0 Å². The topological polar surface area (TPSA) is 74.2 Å². The van der Waals surface area contributed by atoms with Crippen molar-refractivity contribution in [1.29, 1.82) is 0 Å². The van der Waals surface area contributed by atoms with Gasteiger partial charge in [0.05, 0.1) is 6.54 Å². The fourth-order valence-electron chi connectivity index (χ4n) is 3.82. The highest BCUT2D eigenvalue weighted by Crippen LogP contribution is 2.30. The lowest BCUT2D eigenvalue weighted by Crippen LogP contribution is -2.46. The van der Waals surface area contributed by atoms with E-state index in [1.165, 1.54) is 5.56 Å². The quantitative estimate of drug-likeness (QED) is 0.324. The van der Waals surface area contributed by atoms with E-state index in [1.54, 1.807) is 7.05 Å². The smallest absolute Gasteiger partial charge is 0.191 e. The van der Waals surface area contributed by atoms with Crippen molar-refractivity contribution in [3.8, 4) is 11.5 Å². The van der Waals surface area contributed by atoms with Gasteiger partial charge in [0, 0.05) is 46.0 Å². The number of rotatable bonds is 6. The number of nitrogens with one attached hydrogen (secondary N) is 2. The van der Waals surface area contributed by atoms with Crippen LogP contribution in [-0.2, 0) is 6.54 Å². The highest BCUT2D eigenvalue weighted by molar-refractivity contribution is 14.0. The number of halogens is 1. The van der Waals surface area contributed by atoms with Crippen molar-refractivity contribution >= 4 is 35.8 Å². The van der Waals surface area contributed by atoms with Gasteiger partial charge in [0.15, 0.2) is 17.5 Å². The molecule has 174 valence electrons. The minimum Gasteiger partial charge on any atom is -0.486 e. The summed E-state index contributed by atoms with van der Waals surface area (Å²) < 4.78 is 11.8. The first-order valence-electron chi connectivity index (χ1n) is 11.0. The molecule has 1 unspecified atom stereocenters. The normalized spacial score (nSPS) is 18.6. The summed E-state index contributed by atoms with van der Waals surface area (Å²) in [4.78, 5) is 13.7. The number of ether oxygens (including phenoxy) is 2. The molecule has 0 amide bonds. The molecule has 1 aromatic heterocycles. The molecule has 0 spiro atoms. The Morgan fingerprint density at radius 2 is 1.91 bits per heavy atom. The van der Waals surface area contributed by atoms with E-state index in [1.807, 2.05) is 36.5 Å². The maximum absolute atomic E-state index is 6.00. The van der Waals surface area contributed by atoms with Crippen LogP contribution in [0.4, 0.5) is 5.82 Å². The molecule has 2 aliphatic rings. The number of aromatic nitrogens is 1. The van der Waals surface area contributed by atoms with Gasteiger partial charge in [-0.05, 0) is 36.4 Å². The van der Waals surface area contributed by atoms with Gasteiger partial charge < -0.3 is 29.9 Å². The third kappa shape index (κ3) is 6.38. The van der Waals surface area contributed by atoms with Crippen molar-refractivity contribution in [1.82, 2.24) is 20.5 Å². The molecule has 4 rings (SSSR count). The minimum atomic E-state index is -0.0669. The van der Waals surface area contributed by atoms with E-state index in [2.05, 4.69) is 43.4 Å². The number of hydrogen-bond donors (Lipinski definition) is 2. The van der Waals surface area contributed by atoms with Crippen LogP contribution in [0.3, 0.4) is 0 Å². The van der Waals surface area contributed by atoms with Gasteiger partial charge >= 0.3 is 0 Å². The molecule has 9 heteroatoms.